The van der Waals surface area contributed by atoms with Gasteiger partial charge in [-0.15, -0.1) is 0 Å². The summed E-state index contributed by atoms with van der Waals surface area (Å²) in [6.45, 7) is 6.99. The fraction of sp³-hybridized carbons (Fsp3) is 0.476. The first-order valence-corrected chi connectivity index (χ1v) is 18.9. The van der Waals surface area contributed by atoms with Gasteiger partial charge in [0.1, 0.15) is 11.5 Å². The lowest BCUT2D eigenvalue weighted by atomic mass is 9.54. The second-order valence-corrected chi connectivity index (χ2v) is 16.3. The zero-order chi connectivity index (χ0) is 35.9. The Balaban J connectivity index is 1.15. The molecule has 0 unspecified atom stereocenters. The number of fused-ring (bicyclic) bond motifs is 2. The molecule has 8 aliphatic rings. The topological polar surface area (TPSA) is 124 Å². The van der Waals surface area contributed by atoms with Crippen molar-refractivity contribution in [3.05, 3.63) is 93.9 Å². The first kappa shape index (κ1) is 32.1. The van der Waals surface area contributed by atoms with Crippen LogP contribution in [0, 0.1) is 10.8 Å². The van der Waals surface area contributed by atoms with Crippen molar-refractivity contribution in [1.29, 1.82) is 0 Å². The van der Waals surface area contributed by atoms with Crippen LogP contribution >= 0.6 is 0 Å². The van der Waals surface area contributed by atoms with Gasteiger partial charge in [-0.1, -0.05) is 44.2 Å². The van der Waals surface area contributed by atoms with Crippen molar-refractivity contribution in [2.45, 2.75) is 81.3 Å². The molecule has 4 N–H and O–H groups in total. The predicted octanol–water partition coefficient (Wildman–Crippen LogP) is 5.91. The molecule has 0 saturated carbocycles. The molecule has 7 atom stereocenters. The maximum absolute atomic E-state index is 13.5. The molecule has 2 aromatic carbocycles. The van der Waals surface area contributed by atoms with Crippen LogP contribution < -0.4 is 10.6 Å². The Morgan fingerprint density at radius 1 is 0.827 bits per heavy atom. The SMILES string of the molecule is CC[C@]12C=CCN3CC[C@]4(C(=C(C(=O)OC)C1)Nc1cc(O)c([C@H]5C=C[C@@]6(CC)CC(C(=O)OC)=C7Nc8cc(O)ccc8[C@@]78CCN5[C@@H]68)cc14)[C@@H]32. The van der Waals surface area contributed by atoms with Gasteiger partial charge in [0.25, 0.3) is 0 Å². The third kappa shape index (κ3) is 3.62. The van der Waals surface area contributed by atoms with Crippen molar-refractivity contribution in [2.24, 2.45) is 10.8 Å². The number of carbonyl (C=O) groups is 2. The number of carbonyl (C=O) groups excluding carboxylic acids is 2. The van der Waals surface area contributed by atoms with E-state index in [0.29, 0.717) is 24.0 Å². The van der Waals surface area contributed by atoms with E-state index < -0.39 is 10.8 Å². The minimum absolute atomic E-state index is 0.0140. The second kappa shape index (κ2) is 10.5. The summed E-state index contributed by atoms with van der Waals surface area (Å²) < 4.78 is 10.8. The van der Waals surface area contributed by atoms with Crippen LogP contribution in [0.25, 0.3) is 0 Å². The molecule has 2 spiro atoms. The number of hydrogen-bond acceptors (Lipinski definition) is 10. The number of benzene rings is 2. The van der Waals surface area contributed by atoms with Gasteiger partial charge in [0.2, 0.25) is 0 Å². The van der Waals surface area contributed by atoms with Gasteiger partial charge in [0, 0.05) is 83.0 Å². The molecule has 2 saturated heterocycles. The summed E-state index contributed by atoms with van der Waals surface area (Å²) in [5, 5.41) is 29.8. The van der Waals surface area contributed by atoms with E-state index in [0.717, 1.165) is 84.8 Å². The molecular formula is C42H46N4O6. The minimum Gasteiger partial charge on any atom is -0.508 e. The molecule has 6 heterocycles. The number of nitrogens with one attached hydrogen (secondary N) is 2. The molecule has 2 aliphatic carbocycles. The number of hydrogen-bond donors (Lipinski definition) is 4. The largest absolute Gasteiger partial charge is 0.508 e. The van der Waals surface area contributed by atoms with Crippen molar-refractivity contribution in [1.82, 2.24) is 9.80 Å². The molecule has 2 fully saturated rings. The van der Waals surface area contributed by atoms with Crippen molar-refractivity contribution in [3.8, 4) is 11.5 Å². The maximum Gasteiger partial charge on any atom is 0.335 e. The van der Waals surface area contributed by atoms with Crippen molar-refractivity contribution in [3.63, 3.8) is 0 Å². The van der Waals surface area contributed by atoms with Gasteiger partial charge in [0.05, 0.1) is 42.2 Å². The van der Waals surface area contributed by atoms with Gasteiger partial charge in [-0.2, -0.15) is 0 Å². The predicted molar refractivity (Wildman–Crippen MR) is 196 cm³/mol. The number of phenols is 2. The van der Waals surface area contributed by atoms with Crippen molar-refractivity contribution in [2.75, 3.05) is 44.5 Å². The first-order chi connectivity index (χ1) is 25.1. The molecule has 0 bridgehead atoms. The number of methoxy groups -OCH3 is 2. The van der Waals surface area contributed by atoms with E-state index in [1.165, 1.54) is 14.2 Å². The lowest BCUT2D eigenvalue weighted by Crippen LogP contribution is -2.59. The first-order valence-electron chi connectivity index (χ1n) is 18.9. The molecular weight excluding hydrogens is 656 g/mol. The highest BCUT2D eigenvalue weighted by Crippen LogP contribution is 2.68. The van der Waals surface area contributed by atoms with E-state index in [-0.39, 0.29) is 52.4 Å². The number of ether oxygens (including phenoxy) is 2. The molecule has 6 aliphatic heterocycles. The average molecular weight is 703 g/mol. The quantitative estimate of drug-likeness (QED) is 0.221. The summed E-state index contributed by atoms with van der Waals surface area (Å²) in [4.78, 5) is 32.2. The highest BCUT2D eigenvalue weighted by molar-refractivity contribution is 5.94. The summed E-state index contributed by atoms with van der Waals surface area (Å²) >= 11 is 0. The van der Waals surface area contributed by atoms with E-state index in [2.05, 4.69) is 64.7 Å². The van der Waals surface area contributed by atoms with Gasteiger partial charge in [-0.05, 0) is 61.8 Å². The normalized spacial score (nSPS) is 36.0. The van der Waals surface area contributed by atoms with Gasteiger partial charge >= 0.3 is 11.9 Å². The Labute approximate surface area is 303 Å². The van der Waals surface area contributed by atoms with E-state index in [1.807, 2.05) is 12.1 Å². The lowest BCUT2D eigenvalue weighted by molar-refractivity contribution is -0.138. The summed E-state index contributed by atoms with van der Waals surface area (Å²) in [6.07, 6.45) is 13.7. The zero-order valence-electron chi connectivity index (χ0n) is 30.2. The molecule has 10 rings (SSSR count). The fourth-order valence-electron chi connectivity index (χ4n) is 12.7. The summed E-state index contributed by atoms with van der Waals surface area (Å²) in [5.41, 5.74) is 6.43. The van der Waals surface area contributed by atoms with Crippen LogP contribution in [-0.2, 0) is 29.9 Å². The van der Waals surface area contributed by atoms with Crippen LogP contribution in [0.4, 0.5) is 11.4 Å². The van der Waals surface area contributed by atoms with Crippen molar-refractivity contribution < 1.29 is 29.3 Å². The highest BCUT2D eigenvalue weighted by Gasteiger charge is 2.68. The Kier molecular flexibility index (Phi) is 6.51. The molecule has 0 aromatic heterocycles. The number of anilines is 2. The summed E-state index contributed by atoms with van der Waals surface area (Å²) in [7, 11) is 2.91. The Morgan fingerprint density at radius 3 is 2.13 bits per heavy atom. The third-order valence-corrected chi connectivity index (χ3v) is 14.7. The molecule has 2 aromatic rings. The number of aromatic hydroxyl groups is 2. The van der Waals surface area contributed by atoms with E-state index in [1.54, 1.807) is 12.1 Å². The Hall–Kier alpha value is -4.54. The number of esters is 2. The molecule has 270 valence electrons. The monoisotopic (exact) mass is 702 g/mol. The minimum atomic E-state index is -0.522. The Morgan fingerprint density at radius 2 is 1.46 bits per heavy atom. The number of nitrogens with zero attached hydrogens (tertiary/aromatic N) is 2. The van der Waals surface area contributed by atoms with Crippen LogP contribution in [0.1, 0.15) is 75.1 Å². The number of phenolic OH excluding ortho intramolecular Hbond substituents is 2. The molecule has 0 radical (unpaired) electrons. The third-order valence-electron chi connectivity index (χ3n) is 14.7. The van der Waals surface area contributed by atoms with Crippen LogP contribution in [0.15, 0.2) is 77.2 Å². The van der Waals surface area contributed by atoms with Gasteiger partial charge in [0.15, 0.2) is 0 Å². The smallest absolute Gasteiger partial charge is 0.335 e. The maximum atomic E-state index is 13.5. The lowest BCUT2D eigenvalue weighted by Gasteiger charge is -2.55. The highest BCUT2D eigenvalue weighted by atomic mass is 16.5. The van der Waals surface area contributed by atoms with Crippen LogP contribution in [0.3, 0.4) is 0 Å². The summed E-state index contributed by atoms with van der Waals surface area (Å²) in [5.74, 6) is -0.218. The van der Waals surface area contributed by atoms with Gasteiger partial charge in [-0.25, -0.2) is 9.59 Å². The second-order valence-electron chi connectivity index (χ2n) is 16.3. The molecule has 0 amide bonds. The molecule has 10 heteroatoms. The molecule has 52 heavy (non-hydrogen) atoms. The standard InChI is InChI=1S/C42H46N4O6/c1-5-39-11-7-15-45-16-13-42(37(39)45)28-19-24(32(48)20-30(28)44-34(42)25(21-39)35(49)51-3)31-10-12-40(6-2)22-26(36(50)52-4)33-41(14-17-46(31)38(40)41)27-9-8-23(47)18-29(27)43-33/h7-12,18-20,31,37-38,43-44,47-48H,5-6,13-17,21-22H2,1-4H3/t31-,37+,38+,39+,40+,41+,42+/m1/s1. The van der Waals surface area contributed by atoms with Crippen LogP contribution in [-0.4, -0.2) is 77.9 Å². The van der Waals surface area contributed by atoms with E-state index in [9.17, 15) is 19.8 Å². The van der Waals surface area contributed by atoms with Crippen molar-refractivity contribution >= 4 is 23.3 Å². The number of rotatable bonds is 5. The average Bonchev–Trinajstić information content (AvgIpc) is 3.92. The van der Waals surface area contributed by atoms with E-state index >= 15 is 0 Å². The van der Waals surface area contributed by atoms with Crippen LogP contribution in [0.2, 0.25) is 0 Å². The van der Waals surface area contributed by atoms with Crippen LogP contribution in [0.5, 0.6) is 11.5 Å². The van der Waals surface area contributed by atoms with Gasteiger partial charge in [-0.3, -0.25) is 9.80 Å². The van der Waals surface area contributed by atoms with E-state index in [4.69, 9.17) is 9.47 Å². The molecule has 10 nitrogen and oxygen atoms in total. The zero-order valence-corrected chi connectivity index (χ0v) is 30.2. The fourth-order valence-corrected chi connectivity index (χ4v) is 12.7. The Bertz CT molecular complexity index is 2120. The van der Waals surface area contributed by atoms with Gasteiger partial charge < -0.3 is 30.3 Å². The summed E-state index contributed by atoms with van der Waals surface area (Å²) in [6, 6.07) is 9.58.